The van der Waals surface area contributed by atoms with Crippen molar-refractivity contribution in [3.8, 4) is 0 Å². The maximum atomic E-state index is 11.8. The highest BCUT2D eigenvalue weighted by Gasteiger charge is 2.04. The Balaban J connectivity index is 1.87. The summed E-state index contributed by atoms with van der Waals surface area (Å²) in [5, 5.41) is 7.71. The summed E-state index contributed by atoms with van der Waals surface area (Å²) in [5.41, 5.74) is 7.57. The zero-order chi connectivity index (χ0) is 16.8. The van der Waals surface area contributed by atoms with E-state index in [1.807, 2.05) is 51.1 Å². The standard InChI is InChI=1S/C18H20ClN3O/c1-12-7-8-15(13(2)9-12)10-21-22-18(23)11-20-17-6-4-5-16(19)14(17)3/h4-10,20H,11H2,1-3H3,(H,22,23). The van der Waals surface area contributed by atoms with Crippen molar-refractivity contribution >= 4 is 29.4 Å². The van der Waals surface area contributed by atoms with Gasteiger partial charge in [0.05, 0.1) is 12.8 Å². The van der Waals surface area contributed by atoms with Crippen LogP contribution in [0.2, 0.25) is 5.02 Å². The van der Waals surface area contributed by atoms with Crippen LogP contribution in [0.15, 0.2) is 41.5 Å². The molecule has 2 N–H and O–H groups in total. The van der Waals surface area contributed by atoms with E-state index in [9.17, 15) is 4.79 Å². The minimum absolute atomic E-state index is 0.130. The first kappa shape index (κ1) is 17.0. The van der Waals surface area contributed by atoms with E-state index in [4.69, 9.17) is 11.6 Å². The quantitative estimate of drug-likeness (QED) is 0.647. The highest BCUT2D eigenvalue weighted by molar-refractivity contribution is 6.31. The molecule has 2 aromatic rings. The Bertz CT molecular complexity index is 741. The maximum Gasteiger partial charge on any atom is 0.259 e. The van der Waals surface area contributed by atoms with E-state index in [2.05, 4.69) is 21.9 Å². The third-order valence-corrected chi connectivity index (χ3v) is 3.93. The summed E-state index contributed by atoms with van der Waals surface area (Å²) in [6.45, 7) is 6.09. The van der Waals surface area contributed by atoms with Gasteiger partial charge in [-0.2, -0.15) is 5.10 Å². The van der Waals surface area contributed by atoms with E-state index >= 15 is 0 Å². The van der Waals surface area contributed by atoms with Crippen molar-refractivity contribution in [3.05, 3.63) is 63.7 Å². The number of halogens is 1. The topological polar surface area (TPSA) is 53.5 Å². The molecule has 0 atom stereocenters. The van der Waals surface area contributed by atoms with E-state index in [1.54, 1.807) is 6.21 Å². The molecule has 0 aliphatic rings. The number of rotatable bonds is 5. The smallest absolute Gasteiger partial charge is 0.259 e. The Morgan fingerprint density at radius 1 is 1.22 bits per heavy atom. The van der Waals surface area contributed by atoms with Gasteiger partial charge in [0.25, 0.3) is 5.91 Å². The third kappa shape index (κ3) is 4.83. The second-order valence-corrected chi connectivity index (χ2v) is 5.83. The number of hydrogen-bond donors (Lipinski definition) is 2. The molecule has 23 heavy (non-hydrogen) atoms. The number of anilines is 1. The number of nitrogens with zero attached hydrogens (tertiary/aromatic N) is 1. The molecule has 0 heterocycles. The van der Waals surface area contributed by atoms with E-state index < -0.39 is 0 Å². The summed E-state index contributed by atoms with van der Waals surface area (Å²) in [6, 6.07) is 11.6. The fraction of sp³-hybridized carbons (Fsp3) is 0.222. The van der Waals surface area contributed by atoms with E-state index in [0.29, 0.717) is 5.02 Å². The predicted molar refractivity (Wildman–Crippen MR) is 96.3 cm³/mol. The molecule has 0 aliphatic carbocycles. The van der Waals surface area contributed by atoms with Crippen molar-refractivity contribution < 1.29 is 4.79 Å². The molecule has 0 saturated heterocycles. The van der Waals surface area contributed by atoms with Gasteiger partial charge < -0.3 is 5.32 Å². The van der Waals surface area contributed by atoms with E-state index in [0.717, 1.165) is 22.4 Å². The molecule has 0 spiro atoms. The van der Waals surface area contributed by atoms with Gasteiger partial charge in [-0.05, 0) is 49.6 Å². The first-order valence-corrected chi connectivity index (χ1v) is 7.73. The number of benzene rings is 2. The first-order chi connectivity index (χ1) is 11.0. The lowest BCUT2D eigenvalue weighted by Crippen LogP contribution is -2.26. The van der Waals surface area contributed by atoms with Crippen LogP contribution in [-0.4, -0.2) is 18.7 Å². The summed E-state index contributed by atoms with van der Waals surface area (Å²) in [4.78, 5) is 11.8. The normalized spacial score (nSPS) is 10.8. The van der Waals surface area contributed by atoms with Crippen LogP contribution < -0.4 is 10.7 Å². The lowest BCUT2D eigenvalue weighted by Gasteiger charge is -2.09. The minimum Gasteiger partial charge on any atom is -0.376 e. The van der Waals surface area contributed by atoms with E-state index in [1.165, 1.54) is 5.56 Å². The molecule has 4 nitrogen and oxygen atoms in total. The van der Waals surface area contributed by atoms with Gasteiger partial charge in [0, 0.05) is 10.7 Å². The van der Waals surface area contributed by atoms with Gasteiger partial charge >= 0.3 is 0 Å². The lowest BCUT2D eigenvalue weighted by atomic mass is 10.1. The summed E-state index contributed by atoms with van der Waals surface area (Å²) in [7, 11) is 0. The maximum absolute atomic E-state index is 11.8. The molecule has 120 valence electrons. The first-order valence-electron chi connectivity index (χ1n) is 7.35. The Kier molecular flexibility index (Phi) is 5.77. The van der Waals surface area contributed by atoms with Gasteiger partial charge in [-0.15, -0.1) is 0 Å². The molecule has 0 aliphatic heterocycles. The van der Waals surface area contributed by atoms with Crippen molar-refractivity contribution in [2.45, 2.75) is 20.8 Å². The molecule has 1 amide bonds. The Hall–Kier alpha value is -2.33. The number of hydrogen-bond acceptors (Lipinski definition) is 3. The number of amides is 1. The predicted octanol–water partition coefficient (Wildman–Crippen LogP) is 3.83. The van der Waals surface area contributed by atoms with Crippen LogP contribution in [0.25, 0.3) is 0 Å². The minimum atomic E-state index is -0.217. The van der Waals surface area contributed by atoms with Crippen molar-refractivity contribution in [1.82, 2.24) is 5.43 Å². The van der Waals surface area contributed by atoms with Gasteiger partial charge in [0.2, 0.25) is 0 Å². The fourth-order valence-corrected chi connectivity index (χ4v) is 2.33. The molecule has 0 unspecified atom stereocenters. The van der Waals surface area contributed by atoms with Gasteiger partial charge in [-0.3, -0.25) is 4.79 Å². The second-order valence-electron chi connectivity index (χ2n) is 5.42. The zero-order valence-electron chi connectivity index (χ0n) is 13.5. The average molecular weight is 330 g/mol. The molecule has 0 radical (unpaired) electrons. The summed E-state index contributed by atoms with van der Waals surface area (Å²) < 4.78 is 0. The third-order valence-electron chi connectivity index (χ3n) is 3.53. The van der Waals surface area contributed by atoms with Crippen LogP contribution in [0.5, 0.6) is 0 Å². The Morgan fingerprint density at radius 2 is 2.00 bits per heavy atom. The molecule has 2 aromatic carbocycles. The van der Waals surface area contributed by atoms with E-state index in [-0.39, 0.29) is 12.5 Å². The SMILES string of the molecule is Cc1ccc(C=NNC(=O)CNc2cccc(Cl)c2C)c(C)c1. The zero-order valence-corrected chi connectivity index (χ0v) is 14.2. The summed E-state index contributed by atoms with van der Waals surface area (Å²) in [6.07, 6.45) is 1.65. The molecule has 5 heteroatoms. The monoisotopic (exact) mass is 329 g/mol. The van der Waals surface area contributed by atoms with Crippen LogP contribution in [-0.2, 0) is 4.79 Å². The molecule has 2 rings (SSSR count). The van der Waals surface area contributed by atoms with Crippen molar-refractivity contribution in [1.29, 1.82) is 0 Å². The average Bonchev–Trinajstić information content (AvgIpc) is 2.51. The number of hydrazone groups is 1. The molecule has 0 fully saturated rings. The van der Waals surface area contributed by atoms with Crippen molar-refractivity contribution in [3.63, 3.8) is 0 Å². The Morgan fingerprint density at radius 3 is 2.74 bits per heavy atom. The summed E-state index contributed by atoms with van der Waals surface area (Å²) >= 11 is 6.04. The number of nitrogens with one attached hydrogen (secondary N) is 2. The number of carbonyl (C=O) groups excluding carboxylic acids is 1. The largest absolute Gasteiger partial charge is 0.376 e. The number of aryl methyl sites for hydroxylation is 2. The molecule has 0 bridgehead atoms. The van der Waals surface area contributed by atoms with Crippen LogP contribution in [0.3, 0.4) is 0 Å². The second kappa shape index (κ2) is 7.79. The van der Waals surface area contributed by atoms with Crippen molar-refractivity contribution in [2.24, 2.45) is 5.10 Å². The highest BCUT2D eigenvalue weighted by Crippen LogP contribution is 2.22. The van der Waals surface area contributed by atoms with Gasteiger partial charge in [0.1, 0.15) is 0 Å². The van der Waals surface area contributed by atoms with Gasteiger partial charge in [-0.1, -0.05) is 41.4 Å². The van der Waals surface area contributed by atoms with Crippen LogP contribution >= 0.6 is 11.6 Å². The van der Waals surface area contributed by atoms with Crippen LogP contribution in [0.4, 0.5) is 5.69 Å². The molecule has 0 aromatic heterocycles. The van der Waals surface area contributed by atoms with Crippen molar-refractivity contribution in [2.75, 3.05) is 11.9 Å². The van der Waals surface area contributed by atoms with Gasteiger partial charge in [0.15, 0.2) is 0 Å². The van der Waals surface area contributed by atoms with Gasteiger partial charge in [-0.25, -0.2) is 5.43 Å². The lowest BCUT2D eigenvalue weighted by molar-refractivity contribution is -0.119. The van der Waals surface area contributed by atoms with Crippen LogP contribution in [0, 0.1) is 20.8 Å². The number of carbonyl (C=O) groups is 1. The molecular formula is C18H20ClN3O. The molecular weight excluding hydrogens is 310 g/mol. The highest BCUT2D eigenvalue weighted by atomic mass is 35.5. The summed E-state index contributed by atoms with van der Waals surface area (Å²) in [5.74, 6) is -0.217. The van der Waals surface area contributed by atoms with Crippen LogP contribution in [0.1, 0.15) is 22.3 Å². The Labute approximate surface area is 141 Å². The molecule has 0 saturated carbocycles. The fourth-order valence-electron chi connectivity index (χ4n) is 2.16.